The Morgan fingerprint density at radius 1 is 1.27 bits per heavy atom. The maximum absolute atomic E-state index is 15.0. The number of benzene rings is 1. The van der Waals surface area contributed by atoms with E-state index >= 15 is 0 Å². The minimum atomic E-state index is -2.43. The standard InChI is InChI=1S/C26H27FN2O/c1-15(2)21-14-28-23(13-18(21)12-17-6-4-5-7-17)19-10-11-22(27)24-20-9-8-16(3)29-26(20)30-25(19)24/h8-11,13-15,17H,4-7,12H2,1-3H3/i3D3,12D2,15D. The van der Waals surface area contributed by atoms with Crippen molar-refractivity contribution in [2.75, 3.05) is 0 Å². The lowest BCUT2D eigenvalue weighted by atomic mass is 9.90. The lowest BCUT2D eigenvalue weighted by Crippen LogP contribution is -2.05. The molecule has 0 aliphatic heterocycles. The van der Waals surface area contributed by atoms with Crippen molar-refractivity contribution in [2.24, 2.45) is 5.92 Å². The molecule has 0 unspecified atom stereocenters. The second kappa shape index (κ2) is 7.50. The van der Waals surface area contributed by atoms with Crippen LogP contribution in [-0.2, 0) is 6.37 Å². The smallest absolute Gasteiger partial charge is 0.227 e. The normalized spacial score (nSPS) is 19.3. The molecule has 3 heterocycles. The molecule has 1 aliphatic carbocycles. The van der Waals surface area contributed by atoms with E-state index in [0.29, 0.717) is 27.8 Å². The lowest BCUT2D eigenvalue weighted by Gasteiger charge is -2.17. The molecule has 3 aromatic heterocycles. The van der Waals surface area contributed by atoms with Crippen molar-refractivity contribution in [3.05, 3.63) is 59.2 Å². The first kappa shape index (κ1) is 13.5. The van der Waals surface area contributed by atoms with E-state index in [1.165, 1.54) is 30.5 Å². The molecule has 5 rings (SSSR count). The number of pyridine rings is 2. The third kappa shape index (κ3) is 3.28. The minimum Gasteiger partial charge on any atom is -0.437 e. The molecule has 4 heteroatoms. The van der Waals surface area contributed by atoms with Crippen molar-refractivity contribution < 1.29 is 17.0 Å². The van der Waals surface area contributed by atoms with Gasteiger partial charge in [0.25, 0.3) is 0 Å². The predicted molar refractivity (Wildman–Crippen MR) is 119 cm³/mol. The zero-order valence-corrected chi connectivity index (χ0v) is 17.1. The highest BCUT2D eigenvalue weighted by Crippen LogP contribution is 2.38. The second-order valence-corrected chi connectivity index (χ2v) is 8.19. The predicted octanol–water partition coefficient (Wildman–Crippen LogP) is 7.35. The van der Waals surface area contributed by atoms with Crippen LogP contribution in [0.2, 0.25) is 0 Å². The van der Waals surface area contributed by atoms with E-state index in [9.17, 15) is 4.39 Å². The highest BCUT2D eigenvalue weighted by molar-refractivity contribution is 6.08. The molecule has 1 aliphatic rings. The fourth-order valence-corrected chi connectivity index (χ4v) is 4.33. The van der Waals surface area contributed by atoms with Gasteiger partial charge in [-0.15, -0.1) is 0 Å². The summed E-state index contributed by atoms with van der Waals surface area (Å²) in [4.78, 5) is 8.66. The summed E-state index contributed by atoms with van der Waals surface area (Å²) in [6, 6.07) is 7.30. The lowest BCUT2D eigenvalue weighted by molar-refractivity contribution is 0.542. The zero-order valence-electron chi connectivity index (χ0n) is 23.1. The van der Waals surface area contributed by atoms with Crippen molar-refractivity contribution in [2.45, 2.75) is 58.6 Å². The van der Waals surface area contributed by atoms with Crippen LogP contribution < -0.4 is 0 Å². The van der Waals surface area contributed by atoms with Gasteiger partial charge in [0.1, 0.15) is 11.4 Å². The maximum atomic E-state index is 15.0. The first-order valence-electron chi connectivity index (χ1n) is 13.3. The number of nitrogens with zero attached hydrogens (tertiary/aromatic N) is 2. The fraction of sp³-hybridized carbons (Fsp3) is 0.385. The third-order valence-electron chi connectivity index (χ3n) is 5.87. The first-order chi connectivity index (χ1) is 16.8. The molecule has 1 saturated carbocycles. The molecule has 0 saturated heterocycles. The molecule has 0 spiro atoms. The Kier molecular flexibility index (Phi) is 3.38. The molecule has 0 bridgehead atoms. The fourth-order valence-electron chi connectivity index (χ4n) is 4.33. The van der Waals surface area contributed by atoms with Crippen molar-refractivity contribution in [3.8, 4) is 11.3 Å². The van der Waals surface area contributed by atoms with E-state index in [2.05, 4.69) is 9.97 Å². The van der Waals surface area contributed by atoms with Gasteiger partial charge in [0, 0.05) is 25.7 Å². The number of aryl methyl sites for hydroxylation is 1. The Labute approximate surface area is 184 Å². The molecule has 1 fully saturated rings. The van der Waals surface area contributed by atoms with E-state index in [1.54, 1.807) is 19.9 Å². The Hall–Kier alpha value is -2.75. The van der Waals surface area contributed by atoms with Gasteiger partial charge in [0.05, 0.1) is 16.5 Å². The molecular weight excluding hydrogens is 375 g/mol. The van der Waals surface area contributed by atoms with Crippen LogP contribution >= 0.6 is 0 Å². The second-order valence-electron chi connectivity index (χ2n) is 8.19. The summed E-state index contributed by atoms with van der Waals surface area (Å²) in [6.45, 7) is 0.985. The van der Waals surface area contributed by atoms with Gasteiger partial charge in [-0.3, -0.25) is 4.98 Å². The van der Waals surface area contributed by atoms with Gasteiger partial charge in [-0.1, -0.05) is 39.5 Å². The molecular formula is C26H27FN2O. The van der Waals surface area contributed by atoms with Crippen LogP contribution in [0, 0.1) is 18.6 Å². The van der Waals surface area contributed by atoms with E-state index in [4.69, 9.17) is 12.6 Å². The number of halogens is 1. The van der Waals surface area contributed by atoms with Gasteiger partial charge in [0.15, 0.2) is 0 Å². The molecule has 4 aromatic rings. The van der Waals surface area contributed by atoms with Crippen LogP contribution in [-0.4, -0.2) is 9.97 Å². The summed E-state index contributed by atoms with van der Waals surface area (Å²) in [6.07, 6.45) is 3.39. The van der Waals surface area contributed by atoms with Crippen LogP contribution in [0.3, 0.4) is 0 Å². The molecule has 154 valence electrons. The summed E-state index contributed by atoms with van der Waals surface area (Å²) in [5.74, 6) is -1.77. The average Bonchev–Trinajstić information content (AvgIpc) is 3.46. The Morgan fingerprint density at radius 3 is 2.87 bits per heavy atom. The molecule has 0 amide bonds. The summed E-state index contributed by atoms with van der Waals surface area (Å²) < 4.78 is 70.4. The largest absolute Gasteiger partial charge is 0.437 e. The average molecular weight is 409 g/mol. The number of hydrogen-bond acceptors (Lipinski definition) is 3. The summed E-state index contributed by atoms with van der Waals surface area (Å²) in [7, 11) is 0. The van der Waals surface area contributed by atoms with Crippen molar-refractivity contribution in [1.82, 2.24) is 9.97 Å². The zero-order chi connectivity index (χ0) is 26.0. The highest BCUT2D eigenvalue weighted by atomic mass is 19.1. The van der Waals surface area contributed by atoms with Gasteiger partial charge in [0.2, 0.25) is 5.71 Å². The first-order valence-corrected chi connectivity index (χ1v) is 10.3. The van der Waals surface area contributed by atoms with Crippen LogP contribution in [0.4, 0.5) is 4.39 Å². The van der Waals surface area contributed by atoms with Crippen molar-refractivity contribution in [1.29, 1.82) is 0 Å². The van der Waals surface area contributed by atoms with Crippen LogP contribution in [0.5, 0.6) is 0 Å². The number of fused-ring (bicyclic) bond motifs is 3. The monoisotopic (exact) mass is 408 g/mol. The SMILES string of the molecule is [2H]C([2H])([2H])c1ccc2c(n1)oc1c(-c3cc(C([2H])([2H])C4CCCC4)c(C([2H])(C)C)cn3)ccc(F)c12. The highest BCUT2D eigenvalue weighted by Gasteiger charge is 2.21. The van der Waals surface area contributed by atoms with Gasteiger partial charge in [-0.2, -0.15) is 0 Å². The van der Waals surface area contributed by atoms with Gasteiger partial charge in [-0.25, -0.2) is 9.37 Å². The van der Waals surface area contributed by atoms with E-state index < -0.39 is 24.9 Å². The van der Waals surface area contributed by atoms with Crippen LogP contribution in [0.1, 0.15) is 70.5 Å². The summed E-state index contributed by atoms with van der Waals surface area (Å²) in [5.41, 5.74) is 1.78. The number of rotatable bonds is 4. The van der Waals surface area contributed by atoms with Crippen molar-refractivity contribution >= 4 is 22.1 Å². The molecule has 0 N–H and O–H groups in total. The Balaban J connectivity index is 1.74. The van der Waals surface area contributed by atoms with Crippen LogP contribution in [0.25, 0.3) is 33.3 Å². The number of furan rings is 1. The molecule has 30 heavy (non-hydrogen) atoms. The summed E-state index contributed by atoms with van der Waals surface area (Å²) >= 11 is 0. The Morgan fingerprint density at radius 2 is 2.10 bits per heavy atom. The maximum Gasteiger partial charge on any atom is 0.227 e. The van der Waals surface area contributed by atoms with Crippen molar-refractivity contribution in [3.63, 3.8) is 0 Å². The molecule has 1 aromatic carbocycles. The van der Waals surface area contributed by atoms with Crippen LogP contribution in [0.15, 0.2) is 40.9 Å². The molecule has 0 radical (unpaired) electrons. The Bertz CT molecular complexity index is 1470. The minimum absolute atomic E-state index is 0.00963. The van der Waals surface area contributed by atoms with Gasteiger partial charge < -0.3 is 4.42 Å². The summed E-state index contributed by atoms with van der Waals surface area (Å²) in [5, 5.41) is 0.516. The quantitative estimate of drug-likeness (QED) is 0.354. The third-order valence-corrected chi connectivity index (χ3v) is 5.87. The van der Waals surface area contributed by atoms with Gasteiger partial charge >= 0.3 is 0 Å². The topological polar surface area (TPSA) is 38.9 Å². The number of aromatic nitrogens is 2. The molecule has 3 nitrogen and oxygen atoms in total. The van der Waals surface area contributed by atoms with Gasteiger partial charge in [-0.05, 0) is 66.5 Å². The van der Waals surface area contributed by atoms with E-state index in [0.717, 1.165) is 25.7 Å². The number of hydrogen-bond donors (Lipinski definition) is 0. The van der Waals surface area contributed by atoms with E-state index in [1.807, 2.05) is 0 Å². The molecule has 0 atom stereocenters. The van der Waals surface area contributed by atoms with E-state index in [-0.39, 0.29) is 28.3 Å².